The van der Waals surface area contributed by atoms with Crippen LogP contribution in [0.3, 0.4) is 0 Å². The SMILES string of the molecule is CCC1=CC(C(=O)NC(COC)C(=O)N[C@@H](Cc2ccccc2)C(=O)NC(CC(C)C)C(=O)C2(C)CO2)NO1. The molecule has 4 unspecified atom stereocenters. The highest BCUT2D eigenvalue weighted by Crippen LogP contribution is 2.29. The summed E-state index contributed by atoms with van der Waals surface area (Å²) in [6.07, 6.45) is 2.87. The number of allylic oxidation sites excluding steroid dienone is 1. The molecular formula is C28H40N4O7. The molecule has 0 bridgehead atoms. The number of nitrogens with one attached hydrogen (secondary N) is 4. The van der Waals surface area contributed by atoms with Gasteiger partial charge in [0.2, 0.25) is 17.7 Å². The van der Waals surface area contributed by atoms with Gasteiger partial charge in [-0.15, -0.1) is 5.48 Å². The van der Waals surface area contributed by atoms with E-state index in [2.05, 4.69) is 21.4 Å². The Morgan fingerprint density at radius 1 is 1.05 bits per heavy atom. The van der Waals surface area contributed by atoms with Crippen LogP contribution in [-0.4, -0.2) is 73.6 Å². The van der Waals surface area contributed by atoms with E-state index >= 15 is 0 Å². The second kappa shape index (κ2) is 13.7. The van der Waals surface area contributed by atoms with Crippen molar-refractivity contribution in [1.82, 2.24) is 21.4 Å². The van der Waals surface area contributed by atoms with E-state index < -0.39 is 47.5 Å². The summed E-state index contributed by atoms with van der Waals surface area (Å²) in [6.45, 7) is 7.73. The van der Waals surface area contributed by atoms with Gasteiger partial charge in [0.25, 0.3) is 0 Å². The molecule has 3 rings (SSSR count). The molecule has 11 nitrogen and oxygen atoms in total. The fourth-order valence-electron chi connectivity index (χ4n) is 4.25. The van der Waals surface area contributed by atoms with E-state index in [1.807, 2.05) is 51.1 Å². The average molecular weight is 545 g/mol. The lowest BCUT2D eigenvalue weighted by Crippen LogP contribution is -2.59. The third-order valence-corrected chi connectivity index (χ3v) is 6.62. The minimum atomic E-state index is -1.07. The standard InChI is InChI=1S/C28H40N4O7/c1-6-19-14-22(32-39-19)26(35)31-23(15-37-5)27(36)30-21(13-18-10-8-7-9-11-18)25(34)29-20(12-17(2)3)24(33)28(4)16-38-28/h7-11,14,17,20-23,32H,6,12-13,15-16H2,1-5H3,(H,29,34)(H,30,36)(H,31,35)/t20?,21-,22?,23?,28?/m0/s1. The van der Waals surface area contributed by atoms with Crippen LogP contribution < -0.4 is 21.4 Å². The third-order valence-electron chi connectivity index (χ3n) is 6.62. The number of ether oxygens (including phenoxy) is 2. The smallest absolute Gasteiger partial charge is 0.245 e. The Labute approximate surface area is 229 Å². The Balaban J connectivity index is 1.75. The topological polar surface area (TPSA) is 147 Å². The maximum absolute atomic E-state index is 13.5. The van der Waals surface area contributed by atoms with Gasteiger partial charge in [-0.3, -0.25) is 19.2 Å². The van der Waals surface area contributed by atoms with Crippen molar-refractivity contribution in [2.75, 3.05) is 20.3 Å². The molecule has 4 N–H and O–H groups in total. The minimum absolute atomic E-state index is 0.112. The van der Waals surface area contributed by atoms with Crippen LogP contribution in [0.2, 0.25) is 0 Å². The van der Waals surface area contributed by atoms with Gasteiger partial charge < -0.3 is 30.3 Å². The highest BCUT2D eigenvalue weighted by Gasteiger charge is 2.50. The van der Waals surface area contributed by atoms with Crippen LogP contribution in [0.1, 0.15) is 46.1 Å². The molecule has 0 radical (unpaired) electrons. The normalized spacial score (nSPS) is 22.2. The molecule has 1 aromatic carbocycles. The molecule has 1 saturated heterocycles. The minimum Gasteiger partial charge on any atom is -0.412 e. The lowest BCUT2D eigenvalue weighted by molar-refractivity contribution is -0.135. The molecule has 2 heterocycles. The van der Waals surface area contributed by atoms with Gasteiger partial charge in [0.05, 0.1) is 19.3 Å². The summed E-state index contributed by atoms with van der Waals surface area (Å²) in [5, 5.41) is 8.28. The molecule has 2 aliphatic heterocycles. The summed E-state index contributed by atoms with van der Waals surface area (Å²) in [6, 6.07) is 5.63. The zero-order valence-corrected chi connectivity index (χ0v) is 23.2. The lowest BCUT2D eigenvalue weighted by Gasteiger charge is -2.26. The number of carbonyl (C=O) groups is 4. The predicted octanol–water partition coefficient (Wildman–Crippen LogP) is 0.931. The molecule has 0 spiro atoms. The van der Waals surface area contributed by atoms with E-state index in [0.29, 0.717) is 25.2 Å². The quantitative estimate of drug-likeness (QED) is 0.239. The first-order valence-corrected chi connectivity index (χ1v) is 13.3. The molecule has 2 aliphatic rings. The highest BCUT2D eigenvalue weighted by atomic mass is 16.7. The summed E-state index contributed by atoms with van der Waals surface area (Å²) in [5.74, 6) is -0.993. The Bertz CT molecular complexity index is 1060. The molecule has 0 saturated carbocycles. The predicted molar refractivity (Wildman–Crippen MR) is 143 cm³/mol. The monoisotopic (exact) mass is 544 g/mol. The first-order chi connectivity index (χ1) is 18.6. The lowest BCUT2D eigenvalue weighted by atomic mass is 9.93. The van der Waals surface area contributed by atoms with Crippen molar-refractivity contribution in [3.63, 3.8) is 0 Å². The molecule has 11 heteroatoms. The summed E-state index contributed by atoms with van der Waals surface area (Å²) in [5.41, 5.74) is 2.54. The van der Waals surface area contributed by atoms with E-state index in [1.54, 1.807) is 13.0 Å². The summed E-state index contributed by atoms with van der Waals surface area (Å²) < 4.78 is 10.5. The average Bonchev–Trinajstić information content (AvgIpc) is 3.47. The molecule has 1 fully saturated rings. The Morgan fingerprint density at radius 3 is 2.26 bits per heavy atom. The van der Waals surface area contributed by atoms with Crippen molar-refractivity contribution in [3.8, 4) is 0 Å². The van der Waals surface area contributed by atoms with Crippen molar-refractivity contribution in [2.45, 2.75) is 76.7 Å². The number of amides is 3. The number of methoxy groups -OCH3 is 1. The number of carbonyl (C=O) groups excluding carboxylic acids is 4. The number of hydrogen-bond donors (Lipinski definition) is 4. The molecular weight excluding hydrogens is 504 g/mol. The summed E-state index contributed by atoms with van der Waals surface area (Å²) >= 11 is 0. The van der Waals surface area contributed by atoms with Crippen LogP contribution in [0, 0.1) is 5.92 Å². The van der Waals surface area contributed by atoms with Gasteiger partial charge in [0.15, 0.2) is 5.78 Å². The second-order valence-electron chi connectivity index (χ2n) is 10.5. The van der Waals surface area contributed by atoms with E-state index in [4.69, 9.17) is 14.3 Å². The van der Waals surface area contributed by atoms with Gasteiger partial charge in [-0.05, 0) is 30.9 Å². The zero-order chi connectivity index (χ0) is 28.6. The van der Waals surface area contributed by atoms with Gasteiger partial charge >= 0.3 is 0 Å². The summed E-state index contributed by atoms with van der Waals surface area (Å²) in [7, 11) is 1.41. The van der Waals surface area contributed by atoms with Gasteiger partial charge in [-0.1, -0.05) is 51.1 Å². The van der Waals surface area contributed by atoms with E-state index in [9.17, 15) is 19.2 Å². The Hall–Kier alpha value is -3.28. The number of rotatable bonds is 15. The number of Topliss-reactive ketones (excluding diaryl/α,β-unsaturated/α-hetero) is 1. The van der Waals surface area contributed by atoms with Gasteiger partial charge in [0.1, 0.15) is 29.5 Å². The van der Waals surface area contributed by atoms with Crippen LogP contribution in [0.15, 0.2) is 42.2 Å². The molecule has 1 aromatic rings. The molecule has 0 aromatic heterocycles. The van der Waals surface area contributed by atoms with E-state index in [1.165, 1.54) is 7.11 Å². The van der Waals surface area contributed by atoms with Crippen LogP contribution in [-0.2, 0) is 39.9 Å². The largest absolute Gasteiger partial charge is 0.412 e. The number of hydrogen-bond acceptors (Lipinski definition) is 8. The number of hydroxylamine groups is 1. The first-order valence-electron chi connectivity index (χ1n) is 13.3. The number of benzene rings is 1. The van der Waals surface area contributed by atoms with Crippen molar-refractivity contribution >= 4 is 23.5 Å². The van der Waals surface area contributed by atoms with Crippen molar-refractivity contribution in [1.29, 1.82) is 0 Å². The van der Waals surface area contributed by atoms with Crippen molar-refractivity contribution in [3.05, 3.63) is 47.7 Å². The van der Waals surface area contributed by atoms with E-state index in [-0.39, 0.29) is 24.7 Å². The Morgan fingerprint density at radius 2 is 1.69 bits per heavy atom. The molecule has 214 valence electrons. The van der Waals surface area contributed by atoms with Gasteiger partial charge in [0, 0.05) is 20.0 Å². The van der Waals surface area contributed by atoms with E-state index in [0.717, 1.165) is 5.56 Å². The maximum Gasteiger partial charge on any atom is 0.245 e. The van der Waals surface area contributed by atoms with Gasteiger partial charge in [-0.2, -0.15) is 0 Å². The van der Waals surface area contributed by atoms with Crippen molar-refractivity contribution < 1.29 is 33.5 Å². The fraction of sp³-hybridized carbons (Fsp3) is 0.571. The summed E-state index contributed by atoms with van der Waals surface area (Å²) in [4.78, 5) is 58.0. The van der Waals surface area contributed by atoms with Gasteiger partial charge in [-0.25, -0.2) is 0 Å². The number of epoxide rings is 1. The van der Waals surface area contributed by atoms with Crippen molar-refractivity contribution in [2.24, 2.45) is 5.92 Å². The fourth-order valence-corrected chi connectivity index (χ4v) is 4.25. The highest BCUT2D eigenvalue weighted by molar-refractivity contribution is 5.98. The van der Waals surface area contributed by atoms with Crippen LogP contribution in [0.4, 0.5) is 0 Å². The second-order valence-corrected chi connectivity index (χ2v) is 10.5. The molecule has 5 atom stereocenters. The number of ketones is 1. The molecule has 3 amide bonds. The maximum atomic E-state index is 13.5. The zero-order valence-electron chi connectivity index (χ0n) is 23.2. The third kappa shape index (κ3) is 8.61. The van der Waals surface area contributed by atoms with Crippen LogP contribution in [0.25, 0.3) is 0 Å². The molecule has 39 heavy (non-hydrogen) atoms. The van der Waals surface area contributed by atoms with Crippen LogP contribution >= 0.6 is 0 Å². The van der Waals surface area contributed by atoms with Crippen LogP contribution in [0.5, 0.6) is 0 Å². The first kappa shape index (κ1) is 30.3. The Kier molecular flexibility index (Phi) is 10.6. The molecule has 0 aliphatic carbocycles.